The number of rotatable bonds is 7. The van der Waals surface area contributed by atoms with E-state index in [1.54, 1.807) is 36.7 Å². The van der Waals surface area contributed by atoms with Crippen LogP contribution in [0.5, 0.6) is 0 Å². The lowest BCUT2D eigenvalue weighted by Gasteiger charge is -2.22. The maximum atomic E-state index is 12.8. The van der Waals surface area contributed by atoms with Crippen LogP contribution in [-0.4, -0.2) is 38.0 Å². The van der Waals surface area contributed by atoms with E-state index in [-0.39, 0.29) is 18.0 Å². The second-order valence-corrected chi connectivity index (χ2v) is 7.02. The lowest BCUT2D eigenvalue weighted by Crippen LogP contribution is -2.33. The lowest BCUT2D eigenvalue weighted by atomic mass is 10.3. The number of nitrogens with zero attached hydrogens (tertiary/aromatic N) is 2. The van der Waals surface area contributed by atoms with E-state index in [1.165, 1.54) is 23.5 Å². The molecule has 1 heterocycles. The van der Waals surface area contributed by atoms with Gasteiger partial charge >= 0.3 is 0 Å². The number of ether oxygens (including phenoxy) is 1. The second-order valence-electron chi connectivity index (χ2n) is 4.64. The van der Waals surface area contributed by atoms with Gasteiger partial charge in [0.1, 0.15) is 0 Å². The maximum Gasteiger partial charge on any atom is 0.243 e. The largest absolute Gasteiger partial charge is 0.383 e. The Morgan fingerprint density at radius 1 is 1.23 bits per heavy atom. The normalized spacial score (nSPS) is 11.8. The summed E-state index contributed by atoms with van der Waals surface area (Å²) in [6.45, 7) is 0.819. The van der Waals surface area contributed by atoms with E-state index in [4.69, 9.17) is 16.3 Å². The molecule has 118 valence electrons. The molecular formula is C15H17ClN2O3S. The highest BCUT2D eigenvalue weighted by Crippen LogP contribution is 2.21. The van der Waals surface area contributed by atoms with Gasteiger partial charge in [-0.3, -0.25) is 4.98 Å². The van der Waals surface area contributed by atoms with E-state index in [2.05, 4.69) is 4.98 Å². The molecule has 22 heavy (non-hydrogen) atoms. The lowest BCUT2D eigenvalue weighted by molar-refractivity contribution is 0.177. The number of halogens is 1. The van der Waals surface area contributed by atoms with E-state index in [9.17, 15) is 8.42 Å². The van der Waals surface area contributed by atoms with Crippen LogP contribution in [0.15, 0.2) is 53.7 Å². The number of aromatic nitrogens is 1. The van der Waals surface area contributed by atoms with Gasteiger partial charge in [-0.1, -0.05) is 17.7 Å². The zero-order valence-electron chi connectivity index (χ0n) is 12.1. The Morgan fingerprint density at radius 2 is 1.95 bits per heavy atom. The third-order valence-corrected chi connectivity index (χ3v) is 5.16. The van der Waals surface area contributed by atoms with E-state index < -0.39 is 10.0 Å². The van der Waals surface area contributed by atoms with E-state index in [1.807, 2.05) is 0 Å². The van der Waals surface area contributed by atoms with Crippen molar-refractivity contribution in [3.63, 3.8) is 0 Å². The smallest absolute Gasteiger partial charge is 0.243 e. The molecule has 0 N–H and O–H groups in total. The SMILES string of the molecule is COCCN(Cc1ccncc1)S(=O)(=O)c1cccc(Cl)c1. The predicted molar refractivity (Wildman–Crippen MR) is 85.2 cm³/mol. The van der Waals surface area contributed by atoms with Crippen LogP contribution >= 0.6 is 11.6 Å². The van der Waals surface area contributed by atoms with Gasteiger partial charge in [-0.2, -0.15) is 4.31 Å². The van der Waals surface area contributed by atoms with Gasteiger partial charge in [0, 0.05) is 37.6 Å². The first-order chi connectivity index (χ1) is 10.5. The Balaban J connectivity index is 2.31. The van der Waals surface area contributed by atoms with Crippen LogP contribution < -0.4 is 0 Å². The fourth-order valence-electron chi connectivity index (χ4n) is 1.95. The van der Waals surface area contributed by atoms with Crippen molar-refractivity contribution in [2.75, 3.05) is 20.3 Å². The van der Waals surface area contributed by atoms with Gasteiger partial charge in [0.25, 0.3) is 0 Å². The van der Waals surface area contributed by atoms with Crippen LogP contribution in [-0.2, 0) is 21.3 Å². The summed E-state index contributed by atoms with van der Waals surface area (Å²) in [5.74, 6) is 0. The quantitative estimate of drug-likeness (QED) is 0.777. The van der Waals surface area contributed by atoms with Gasteiger partial charge in [-0.15, -0.1) is 0 Å². The summed E-state index contributed by atoms with van der Waals surface area (Å²) in [6.07, 6.45) is 3.27. The average Bonchev–Trinajstić information content (AvgIpc) is 2.52. The van der Waals surface area contributed by atoms with Crippen LogP contribution in [0.3, 0.4) is 0 Å². The summed E-state index contributed by atoms with van der Waals surface area (Å²) in [7, 11) is -2.11. The highest BCUT2D eigenvalue weighted by molar-refractivity contribution is 7.89. The Kier molecular flexibility index (Phi) is 5.90. The van der Waals surface area contributed by atoms with Crippen molar-refractivity contribution in [2.24, 2.45) is 0 Å². The molecule has 0 saturated carbocycles. The first-order valence-electron chi connectivity index (χ1n) is 6.67. The molecular weight excluding hydrogens is 324 g/mol. The zero-order valence-corrected chi connectivity index (χ0v) is 13.7. The number of hydrogen-bond acceptors (Lipinski definition) is 4. The fraction of sp³-hybridized carbons (Fsp3) is 0.267. The Labute approximate surface area is 135 Å². The summed E-state index contributed by atoms with van der Waals surface area (Å²) in [5.41, 5.74) is 0.858. The van der Waals surface area contributed by atoms with Crippen molar-refractivity contribution in [3.8, 4) is 0 Å². The molecule has 2 rings (SSSR count). The molecule has 5 nitrogen and oxygen atoms in total. The molecule has 7 heteroatoms. The minimum absolute atomic E-state index is 0.171. The maximum absolute atomic E-state index is 12.8. The van der Waals surface area contributed by atoms with Crippen molar-refractivity contribution in [1.82, 2.24) is 9.29 Å². The second kappa shape index (κ2) is 7.69. The van der Waals surface area contributed by atoms with E-state index in [0.717, 1.165) is 5.56 Å². The van der Waals surface area contributed by atoms with Crippen molar-refractivity contribution in [2.45, 2.75) is 11.4 Å². The standard InChI is InChI=1S/C15H17ClN2O3S/c1-21-10-9-18(12-13-5-7-17-8-6-13)22(19,20)15-4-2-3-14(16)11-15/h2-8,11H,9-10,12H2,1H3. The van der Waals surface area contributed by atoms with Gasteiger partial charge in [0.05, 0.1) is 11.5 Å². The summed E-state index contributed by atoms with van der Waals surface area (Å²) in [5, 5.41) is 0.386. The highest BCUT2D eigenvalue weighted by Gasteiger charge is 2.24. The monoisotopic (exact) mass is 340 g/mol. The van der Waals surface area contributed by atoms with Gasteiger partial charge in [0.15, 0.2) is 0 Å². The predicted octanol–water partition coefficient (Wildman–Crippen LogP) is 2.57. The molecule has 0 aliphatic rings. The number of hydrogen-bond donors (Lipinski definition) is 0. The topological polar surface area (TPSA) is 59.5 Å². The van der Waals surface area contributed by atoms with E-state index >= 15 is 0 Å². The van der Waals surface area contributed by atoms with Crippen LogP contribution in [0.4, 0.5) is 0 Å². The molecule has 2 aromatic rings. The molecule has 0 saturated heterocycles. The first-order valence-corrected chi connectivity index (χ1v) is 8.49. The molecule has 0 atom stereocenters. The molecule has 0 amide bonds. The summed E-state index contributed by atoms with van der Waals surface area (Å²) < 4.78 is 32.0. The Bertz CT molecular complexity index is 708. The number of sulfonamides is 1. The molecule has 1 aromatic carbocycles. The molecule has 0 unspecified atom stereocenters. The molecule has 0 radical (unpaired) electrons. The third-order valence-electron chi connectivity index (χ3n) is 3.09. The number of benzene rings is 1. The average molecular weight is 341 g/mol. The summed E-state index contributed by atoms with van der Waals surface area (Å²) >= 11 is 5.90. The Morgan fingerprint density at radius 3 is 2.59 bits per heavy atom. The molecule has 0 spiro atoms. The van der Waals surface area contributed by atoms with Crippen LogP contribution in [0, 0.1) is 0 Å². The van der Waals surface area contributed by atoms with Crippen molar-refractivity contribution in [1.29, 1.82) is 0 Å². The molecule has 1 aromatic heterocycles. The first kappa shape index (κ1) is 16.9. The number of methoxy groups -OCH3 is 1. The van der Waals surface area contributed by atoms with Crippen LogP contribution in [0.2, 0.25) is 5.02 Å². The minimum atomic E-state index is -3.65. The zero-order chi connectivity index (χ0) is 16.0. The Hall–Kier alpha value is -1.47. The van der Waals surface area contributed by atoms with Gasteiger partial charge in [-0.25, -0.2) is 8.42 Å². The third kappa shape index (κ3) is 4.27. The van der Waals surface area contributed by atoms with Crippen LogP contribution in [0.25, 0.3) is 0 Å². The molecule has 0 fully saturated rings. The minimum Gasteiger partial charge on any atom is -0.383 e. The van der Waals surface area contributed by atoms with Gasteiger partial charge < -0.3 is 4.74 Å². The molecule has 0 aliphatic heterocycles. The molecule has 0 bridgehead atoms. The molecule has 0 aliphatic carbocycles. The van der Waals surface area contributed by atoms with Gasteiger partial charge in [-0.05, 0) is 35.9 Å². The van der Waals surface area contributed by atoms with Crippen LogP contribution in [0.1, 0.15) is 5.56 Å². The summed E-state index contributed by atoms with van der Waals surface area (Å²) in [4.78, 5) is 4.11. The highest BCUT2D eigenvalue weighted by atomic mass is 35.5. The fourth-order valence-corrected chi connectivity index (χ4v) is 3.66. The number of pyridine rings is 1. The van der Waals surface area contributed by atoms with E-state index in [0.29, 0.717) is 11.6 Å². The van der Waals surface area contributed by atoms with Crippen molar-refractivity contribution >= 4 is 21.6 Å². The van der Waals surface area contributed by atoms with Gasteiger partial charge in [0.2, 0.25) is 10.0 Å². The summed E-state index contributed by atoms with van der Waals surface area (Å²) in [6, 6.07) is 9.82. The van der Waals surface area contributed by atoms with Crippen molar-refractivity contribution in [3.05, 3.63) is 59.4 Å². The van der Waals surface area contributed by atoms with Crippen molar-refractivity contribution < 1.29 is 13.2 Å².